The van der Waals surface area contributed by atoms with Crippen molar-refractivity contribution in [2.75, 3.05) is 25.1 Å². The fourth-order valence-electron chi connectivity index (χ4n) is 1.75. The zero-order valence-electron chi connectivity index (χ0n) is 12.2. The van der Waals surface area contributed by atoms with Crippen LogP contribution in [-0.2, 0) is 14.3 Å². The minimum absolute atomic E-state index is 0.254. The third kappa shape index (κ3) is 4.47. The molecule has 0 aliphatic rings. The van der Waals surface area contributed by atoms with Gasteiger partial charge in [-0.1, -0.05) is 12.1 Å². The van der Waals surface area contributed by atoms with Crippen LogP contribution >= 0.6 is 0 Å². The van der Waals surface area contributed by atoms with E-state index in [1.165, 1.54) is 6.20 Å². The number of nitrogens with zero attached hydrogens (tertiary/aromatic N) is 2. The third-order valence-electron chi connectivity index (χ3n) is 2.87. The van der Waals surface area contributed by atoms with E-state index in [-0.39, 0.29) is 5.91 Å². The van der Waals surface area contributed by atoms with Crippen molar-refractivity contribution in [2.45, 2.75) is 20.0 Å². The van der Waals surface area contributed by atoms with Gasteiger partial charge >= 0.3 is 0 Å². The van der Waals surface area contributed by atoms with Crippen LogP contribution in [0.1, 0.15) is 13.8 Å². The van der Waals surface area contributed by atoms with Crippen LogP contribution in [0.5, 0.6) is 0 Å². The lowest BCUT2D eigenvalue weighted by molar-refractivity contribution is -0.127. The van der Waals surface area contributed by atoms with Gasteiger partial charge < -0.3 is 14.8 Å². The molecule has 0 aliphatic heterocycles. The first-order valence-electron chi connectivity index (χ1n) is 6.92. The number of rotatable bonds is 7. The van der Waals surface area contributed by atoms with Crippen LogP contribution in [0.3, 0.4) is 0 Å². The Hall–Kier alpha value is -2.05. The Bertz CT molecular complexity index is 603. The molecule has 2 rings (SSSR count). The summed E-state index contributed by atoms with van der Waals surface area (Å²) in [6, 6.07) is 7.49. The van der Waals surface area contributed by atoms with Crippen molar-refractivity contribution >= 4 is 22.8 Å². The largest absolute Gasteiger partial charge is 0.379 e. The van der Waals surface area contributed by atoms with Gasteiger partial charge in [0.05, 0.1) is 30.4 Å². The maximum Gasteiger partial charge on any atom is 0.254 e. The maximum atomic E-state index is 12.0. The van der Waals surface area contributed by atoms with Gasteiger partial charge in [-0.25, -0.2) is 4.98 Å². The number of amides is 1. The van der Waals surface area contributed by atoms with Gasteiger partial charge in [-0.15, -0.1) is 0 Å². The first-order chi connectivity index (χ1) is 10.2. The van der Waals surface area contributed by atoms with Gasteiger partial charge in [0.15, 0.2) is 5.82 Å². The summed E-state index contributed by atoms with van der Waals surface area (Å²) < 4.78 is 10.5. The van der Waals surface area contributed by atoms with Crippen LogP contribution in [-0.4, -0.2) is 41.8 Å². The van der Waals surface area contributed by atoms with Gasteiger partial charge in [-0.2, -0.15) is 0 Å². The summed E-state index contributed by atoms with van der Waals surface area (Å²) >= 11 is 0. The van der Waals surface area contributed by atoms with E-state index in [2.05, 4.69) is 15.3 Å². The van der Waals surface area contributed by atoms with Crippen LogP contribution in [0.25, 0.3) is 11.0 Å². The minimum atomic E-state index is -0.571. The van der Waals surface area contributed by atoms with Crippen LogP contribution < -0.4 is 5.32 Å². The minimum Gasteiger partial charge on any atom is -0.379 e. The Morgan fingerprint density at radius 2 is 2.05 bits per heavy atom. The van der Waals surface area contributed by atoms with Crippen molar-refractivity contribution in [1.82, 2.24) is 9.97 Å². The second-order valence-corrected chi connectivity index (χ2v) is 4.44. The predicted molar refractivity (Wildman–Crippen MR) is 80.1 cm³/mol. The standard InChI is InChI=1S/C15H19N3O3/c1-3-20-8-9-21-11(2)15(19)18-14-10-16-12-6-4-5-7-13(12)17-14/h4-7,10-11H,3,8-9H2,1-2H3,(H,17,18,19). The molecule has 0 spiro atoms. The fourth-order valence-corrected chi connectivity index (χ4v) is 1.75. The SMILES string of the molecule is CCOCCOC(C)C(=O)Nc1cnc2ccccc2n1. The highest BCUT2D eigenvalue weighted by atomic mass is 16.5. The Kier molecular flexibility index (Phi) is 5.59. The summed E-state index contributed by atoms with van der Waals surface area (Å²) in [5.74, 6) is 0.162. The van der Waals surface area contributed by atoms with Gasteiger partial charge in [0.1, 0.15) is 6.10 Å². The normalized spacial score (nSPS) is 12.3. The molecule has 1 amide bonds. The van der Waals surface area contributed by atoms with Crippen molar-refractivity contribution in [3.05, 3.63) is 30.5 Å². The van der Waals surface area contributed by atoms with Gasteiger partial charge in [0.2, 0.25) is 0 Å². The molecular weight excluding hydrogens is 270 g/mol. The molecule has 0 bridgehead atoms. The summed E-state index contributed by atoms with van der Waals surface area (Å²) in [5, 5.41) is 2.70. The first kappa shape index (κ1) is 15.3. The lowest BCUT2D eigenvalue weighted by atomic mass is 10.3. The maximum absolute atomic E-state index is 12.0. The quantitative estimate of drug-likeness (QED) is 0.789. The van der Waals surface area contributed by atoms with E-state index in [9.17, 15) is 4.79 Å². The van der Waals surface area contributed by atoms with E-state index in [1.807, 2.05) is 31.2 Å². The molecule has 2 aromatic rings. The molecule has 1 N–H and O–H groups in total. The fraction of sp³-hybridized carbons (Fsp3) is 0.400. The van der Waals surface area contributed by atoms with Crippen molar-refractivity contribution < 1.29 is 14.3 Å². The van der Waals surface area contributed by atoms with Crippen molar-refractivity contribution in [1.29, 1.82) is 0 Å². The van der Waals surface area contributed by atoms with Crippen molar-refractivity contribution in [3.63, 3.8) is 0 Å². The number of aromatic nitrogens is 2. The molecule has 1 unspecified atom stereocenters. The monoisotopic (exact) mass is 289 g/mol. The summed E-state index contributed by atoms with van der Waals surface area (Å²) in [5.41, 5.74) is 1.52. The van der Waals surface area contributed by atoms with Crippen LogP contribution in [0.15, 0.2) is 30.5 Å². The van der Waals surface area contributed by atoms with Gasteiger partial charge in [-0.3, -0.25) is 9.78 Å². The molecule has 1 aromatic carbocycles. The van der Waals surface area contributed by atoms with Gasteiger partial charge in [0.25, 0.3) is 5.91 Å². The second-order valence-electron chi connectivity index (χ2n) is 4.44. The van der Waals surface area contributed by atoms with Gasteiger partial charge in [0, 0.05) is 6.61 Å². The van der Waals surface area contributed by atoms with E-state index in [0.29, 0.717) is 25.6 Å². The average molecular weight is 289 g/mol. The summed E-state index contributed by atoms with van der Waals surface area (Å²) in [7, 11) is 0. The number of nitrogens with one attached hydrogen (secondary N) is 1. The summed E-state index contributed by atoms with van der Waals surface area (Å²) in [4.78, 5) is 20.5. The number of para-hydroxylation sites is 2. The lowest BCUT2D eigenvalue weighted by Crippen LogP contribution is -2.29. The van der Waals surface area contributed by atoms with Crippen LogP contribution in [0.2, 0.25) is 0 Å². The van der Waals surface area contributed by atoms with E-state index in [0.717, 1.165) is 11.0 Å². The zero-order valence-corrected chi connectivity index (χ0v) is 12.2. The van der Waals surface area contributed by atoms with E-state index in [4.69, 9.17) is 9.47 Å². The van der Waals surface area contributed by atoms with Gasteiger partial charge in [-0.05, 0) is 26.0 Å². The molecule has 1 atom stereocenters. The number of fused-ring (bicyclic) bond motifs is 1. The average Bonchev–Trinajstić information content (AvgIpc) is 2.51. The predicted octanol–water partition coefficient (Wildman–Crippen LogP) is 2.01. The van der Waals surface area contributed by atoms with E-state index in [1.54, 1.807) is 6.92 Å². The first-order valence-corrected chi connectivity index (χ1v) is 6.92. The Balaban J connectivity index is 1.91. The molecule has 0 aliphatic carbocycles. The lowest BCUT2D eigenvalue weighted by Gasteiger charge is -2.13. The topological polar surface area (TPSA) is 73.3 Å². The molecule has 6 heteroatoms. The third-order valence-corrected chi connectivity index (χ3v) is 2.87. The number of ether oxygens (including phenoxy) is 2. The van der Waals surface area contributed by atoms with E-state index >= 15 is 0 Å². The highest BCUT2D eigenvalue weighted by Crippen LogP contribution is 2.11. The highest BCUT2D eigenvalue weighted by molar-refractivity contribution is 5.93. The molecule has 0 saturated heterocycles. The number of hydrogen-bond acceptors (Lipinski definition) is 5. The summed E-state index contributed by atoms with van der Waals surface area (Å²) in [6.45, 7) is 5.09. The Morgan fingerprint density at radius 1 is 1.29 bits per heavy atom. The van der Waals surface area contributed by atoms with Crippen LogP contribution in [0.4, 0.5) is 5.82 Å². The Morgan fingerprint density at radius 3 is 2.81 bits per heavy atom. The molecule has 1 aromatic heterocycles. The molecule has 21 heavy (non-hydrogen) atoms. The number of benzene rings is 1. The molecule has 112 valence electrons. The van der Waals surface area contributed by atoms with E-state index < -0.39 is 6.10 Å². The van der Waals surface area contributed by atoms with Crippen LogP contribution in [0, 0.1) is 0 Å². The molecule has 0 saturated carbocycles. The zero-order chi connectivity index (χ0) is 15.1. The molecule has 0 radical (unpaired) electrons. The second kappa shape index (κ2) is 7.66. The van der Waals surface area contributed by atoms with Crippen molar-refractivity contribution in [3.8, 4) is 0 Å². The highest BCUT2D eigenvalue weighted by Gasteiger charge is 2.14. The summed E-state index contributed by atoms with van der Waals surface area (Å²) in [6.07, 6.45) is 0.964. The number of anilines is 1. The van der Waals surface area contributed by atoms with Crippen molar-refractivity contribution in [2.24, 2.45) is 0 Å². The molecule has 6 nitrogen and oxygen atoms in total. The molecule has 1 heterocycles. The number of hydrogen-bond donors (Lipinski definition) is 1. The number of carbonyl (C=O) groups excluding carboxylic acids is 1. The number of carbonyl (C=O) groups is 1. The smallest absolute Gasteiger partial charge is 0.254 e. The Labute approximate surface area is 123 Å². The molecule has 0 fully saturated rings. The molecular formula is C15H19N3O3.